The zero-order chi connectivity index (χ0) is 16.5. The molecule has 0 atom stereocenters. The minimum Gasteiger partial charge on any atom is -0.492 e. The van der Waals surface area contributed by atoms with Gasteiger partial charge in [-0.25, -0.2) is 9.18 Å². The van der Waals surface area contributed by atoms with Gasteiger partial charge in [0.2, 0.25) is 0 Å². The summed E-state index contributed by atoms with van der Waals surface area (Å²) in [6.45, 7) is 7.16. The molecule has 2 rings (SSSR count). The Morgan fingerprint density at radius 2 is 2.17 bits per heavy atom. The van der Waals surface area contributed by atoms with Gasteiger partial charge < -0.3 is 20.1 Å². The van der Waals surface area contributed by atoms with Gasteiger partial charge in [-0.2, -0.15) is 0 Å². The van der Waals surface area contributed by atoms with Crippen LogP contribution in [-0.2, 0) is 4.74 Å². The highest BCUT2D eigenvalue weighted by atomic mass is 19.1. The molecule has 0 radical (unpaired) electrons. The van der Waals surface area contributed by atoms with E-state index in [2.05, 4.69) is 15.5 Å². The Morgan fingerprint density at radius 3 is 2.91 bits per heavy atom. The predicted octanol–water partition coefficient (Wildman–Crippen LogP) is 2.07. The molecular formula is C16H24FN3O3. The summed E-state index contributed by atoms with van der Waals surface area (Å²) in [6, 6.07) is 3.72. The highest BCUT2D eigenvalue weighted by Gasteiger charge is 2.11. The Hall–Kier alpha value is -1.86. The SMILES string of the molecule is CCOc1cc(F)ccc1NC(=O)NCCCN1CCOCC1. The van der Waals surface area contributed by atoms with E-state index in [1.54, 1.807) is 6.92 Å². The Morgan fingerprint density at radius 1 is 1.39 bits per heavy atom. The minimum atomic E-state index is -0.398. The lowest BCUT2D eigenvalue weighted by molar-refractivity contribution is 0.0375. The molecule has 128 valence electrons. The average molecular weight is 325 g/mol. The zero-order valence-electron chi connectivity index (χ0n) is 13.4. The molecule has 0 saturated carbocycles. The Kier molecular flexibility index (Phi) is 7.09. The molecule has 0 aromatic heterocycles. The number of morpholine rings is 1. The van der Waals surface area contributed by atoms with Gasteiger partial charge in [0.05, 0.1) is 25.5 Å². The van der Waals surface area contributed by atoms with Gasteiger partial charge in [-0.1, -0.05) is 0 Å². The third kappa shape index (κ3) is 6.03. The van der Waals surface area contributed by atoms with Crippen LogP contribution < -0.4 is 15.4 Å². The summed E-state index contributed by atoms with van der Waals surface area (Å²) < 4.78 is 23.8. The fourth-order valence-corrected chi connectivity index (χ4v) is 2.37. The fraction of sp³-hybridized carbons (Fsp3) is 0.562. The molecule has 2 N–H and O–H groups in total. The predicted molar refractivity (Wildman–Crippen MR) is 86.5 cm³/mol. The molecule has 0 bridgehead atoms. The van der Waals surface area contributed by atoms with Crippen LogP contribution in [0.5, 0.6) is 5.75 Å². The highest BCUT2D eigenvalue weighted by Crippen LogP contribution is 2.25. The zero-order valence-corrected chi connectivity index (χ0v) is 13.4. The van der Waals surface area contributed by atoms with Gasteiger partial charge in [0.15, 0.2) is 0 Å². The van der Waals surface area contributed by atoms with Crippen LogP contribution in [0.4, 0.5) is 14.9 Å². The third-order valence-corrected chi connectivity index (χ3v) is 3.53. The second-order valence-corrected chi connectivity index (χ2v) is 5.26. The number of halogens is 1. The minimum absolute atomic E-state index is 0.320. The van der Waals surface area contributed by atoms with Gasteiger partial charge in [-0.15, -0.1) is 0 Å². The second kappa shape index (κ2) is 9.32. The number of carbonyl (C=O) groups excluding carboxylic acids is 1. The summed E-state index contributed by atoms with van der Waals surface area (Å²) in [6.07, 6.45) is 0.870. The van der Waals surface area contributed by atoms with E-state index in [1.807, 2.05) is 0 Å². The molecular weight excluding hydrogens is 301 g/mol. The maximum atomic E-state index is 13.2. The summed E-state index contributed by atoms with van der Waals surface area (Å²) in [5.41, 5.74) is 0.457. The first-order chi connectivity index (χ1) is 11.2. The Labute approximate surface area is 135 Å². The van der Waals surface area contributed by atoms with Crippen LogP contribution in [0.15, 0.2) is 18.2 Å². The lowest BCUT2D eigenvalue weighted by atomic mass is 10.3. The number of benzene rings is 1. The van der Waals surface area contributed by atoms with Crippen LogP contribution in [0, 0.1) is 5.82 Å². The van der Waals surface area contributed by atoms with Crippen molar-refractivity contribution in [1.82, 2.24) is 10.2 Å². The van der Waals surface area contributed by atoms with Gasteiger partial charge >= 0.3 is 6.03 Å². The van der Waals surface area contributed by atoms with Crippen molar-refractivity contribution in [1.29, 1.82) is 0 Å². The van der Waals surface area contributed by atoms with Crippen molar-refractivity contribution in [3.63, 3.8) is 0 Å². The lowest BCUT2D eigenvalue weighted by Gasteiger charge is -2.26. The molecule has 2 amide bonds. The van der Waals surface area contributed by atoms with Crippen LogP contribution >= 0.6 is 0 Å². The highest BCUT2D eigenvalue weighted by molar-refractivity contribution is 5.90. The van der Waals surface area contributed by atoms with Crippen molar-refractivity contribution in [3.8, 4) is 5.75 Å². The van der Waals surface area contributed by atoms with Crippen molar-refractivity contribution in [2.24, 2.45) is 0 Å². The van der Waals surface area contributed by atoms with E-state index >= 15 is 0 Å². The number of rotatable bonds is 7. The number of nitrogens with one attached hydrogen (secondary N) is 2. The molecule has 1 aromatic rings. The van der Waals surface area contributed by atoms with E-state index in [1.165, 1.54) is 18.2 Å². The first-order valence-electron chi connectivity index (χ1n) is 7.96. The number of hydrogen-bond acceptors (Lipinski definition) is 4. The molecule has 1 aliphatic heterocycles. The van der Waals surface area contributed by atoms with E-state index in [-0.39, 0.29) is 6.03 Å². The van der Waals surface area contributed by atoms with E-state index < -0.39 is 5.82 Å². The molecule has 1 aromatic carbocycles. The van der Waals surface area contributed by atoms with Gasteiger partial charge in [0.25, 0.3) is 0 Å². The van der Waals surface area contributed by atoms with Crippen LogP contribution in [0.25, 0.3) is 0 Å². The summed E-state index contributed by atoms with van der Waals surface area (Å²) in [5.74, 6) is -0.0686. The monoisotopic (exact) mass is 325 g/mol. The van der Waals surface area contributed by atoms with Crippen molar-refractivity contribution in [2.45, 2.75) is 13.3 Å². The number of hydrogen-bond donors (Lipinski definition) is 2. The molecule has 0 aliphatic carbocycles. The normalized spacial score (nSPS) is 15.2. The molecule has 0 unspecified atom stereocenters. The fourth-order valence-electron chi connectivity index (χ4n) is 2.37. The van der Waals surface area contributed by atoms with Gasteiger partial charge in [-0.05, 0) is 32.0 Å². The van der Waals surface area contributed by atoms with Crippen LogP contribution in [0.1, 0.15) is 13.3 Å². The smallest absolute Gasteiger partial charge is 0.319 e. The molecule has 1 aliphatic rings. The van der Waals surface area contributed by atoms with E-state index in [9.17, 15) is 9.18 Å². The number of nitrogens with zero attached hydrogens (tertiary/aromatic N) is 1. The molecule has 23 heavy (non-hydrogen) atoms. The molecule has 0 spiro atoms. The number of amides is 2. The molecule has 1 heterocycles. The maximum absolute atomic E-state index is 13.2. The van der Waals surface area contributed by atoms with Crippen LogP contribution in [-0.4, -0.2) is 56.9 Å². The lowest BCUT2D eigenvalue weighted by Crippen LogP contribution is -2.38. The average Bonchev–Trinajstić information content (AvgIpc) is 2.55. The van der Waals surface area contributed by atoms with Crippen molar-refractivity contribution >= 4 is 11.7 Å². The van der Waals surface area contributed by atoms with E-state index in [4.69, 9.17) is 9.47 Å². The molecule has 7 heteroatoms. The maximum Gasteiger partial charge on any atom is 0.319 e. The first kappa shape index (κ1) is 17.5. The third-order valence-electron chi connectivity index (χ3n) is 3.53. The topological polar surface area (TPSA) is 62.8 Å². The standard InChI is InChI=1S/C16H24FN3O3/c1-2-23-15-12-13(17)4-5-14(15)19-16(21)18-6-3-7-20-8-10-22-11-9-20/h4-5,12H,2-3,6-11H2,1H3,(H2,18,19,21). The van der Waals surface area contributed by atoms with Gasteiger partial charge in [0.1, 0.15) is 11.6 Å². The summed E-state index contributed by atoms with van der Waals surface area (Å²) in [7, 11) is 0. The van der Waals surface area contributed by atoms with Crippen LogP contribution in [0.2, 0.25) is 0 Å². The first-order valence-corrected chi connectivity index (χ1v) is 7.96. The number of carbonyl (C=O) groups is 1. The van der Waals surface area contributed by atoms with E-state index in [0.717, 1.165) is 39.3 Å². The number of anilines is 1. The van der Waals surface area contributed by atoms with Gasteiger partial charge in [-0.3, -0.25) is 4.90 Å². The number of ether oxygens (including phenoxy) is 2. The van der Waals surface area contributed by atoms with Crippen molar-refractivity contribution in [3.05, 3.63) is 24.0 Å². The van der Waals surface area contributed by atoms with E-state index in [0.29, 0.717) is 24.6 Å². The largest absolute Gasteiger partial charge is 0.492 e. The van der Waals surface area contributed by atoms with Crippen LogP contribution in [0.3, 0.4) is 0 Å². The second-order valence-electron chi connectivity index (χ2n) is 5.26. The van der Waals surface area contributed by atoms with Crippen molar-refractivity contribution in [2.75, 3.05) is 51.3 Å². The molecule has 1 fully saturated rings. The summed E-state index contributed by atoms with van der Waals surface area (Å²) in [5, 5.41) is 5.48. The Bertz CT molecular complexity index is 507. The Balaban J connectivity index is 1.72. The number of urea groups is 1. The van der Waals surface area contributed by atoms with Gasteiger partial charge in [0, 0.05) is 25.7 Å². The summed E-state index contributed by atoms with van der Waals surface area (Å²) in [4.78, 5) is 14.2. The van der Waals surface area contributed by atoms with Crippen molar-refractivity contribution < 1.29 is 18.7 Å². The summed E-state index contributed by atoms with van der Waals surface area (Å²) >= 11 is 0. The molecule has 6 nitrogen and oxygen atoms in total. The quantitative estimate of drug-likeness (QED) is 0.754. The molecule has 1 saturated heterocycles.